The smallest absolute Gasteiger partial charge is 0.137 e. The largest absolute Gasteiger partial charge is 0.330 e. The van der Waals surface area contributed by atoms with E-state index in [1.165, 1.54) is 11.6 Å². The van der Waals surface area contributed by atoms with Gasteiger partial charge in [0, 0.05) is 4.47 Å². The molecule has 106 valence electrons. The van der Waals surface area contributed by atoms with E-state index in [4.69, 9.17) is 5.73 Å². The van der Waals surface area contributed by atoms with Crippen LogP contribution in [0.4, 0.5) is 4.39 Å². The van der Waals surface area contributed by atoms with Crippen molar-refractivity contribution >= 4 is 31.9 Å². The predicted molar refractivity (Wildman–Crippen MR) is 88.2 cm³/mol. The van der Waals surface area contributed by atoms with Crippen LogP contribution >= 0.6 is 31.9 Å². The fourth-order valence-electron chi connectivity index (χ4n) is 2.21. The maximum Gasteiger partial charge on any atom is 0.137 e. The monoisotopic (exact) mass is 399 g/mol. The van der Waals surface area contributed by atoms with Crippen molar-refractivity contribution in [1.82, 2.24) is 0 Å². The summed E-state index contributed by atoms with van der Waals surface area (Å²) in [5, 5.41) is 0. The summed E-state index contributed by atoms with van der Waals surface area (Å²) in [6, 6.07) is 13.3. The first-order valence-corrected chi connectivity index (χ1v) is 8.06. The van der Waals surface area contributed by atoms with Crippen LogP contribution in [0, 0.1) is 11.7 Å². The van der Waals surface area contributed by atoms with Crippen molar-refractivity contribution in [2.45, 2.75) is 12.8 Å². The molecule has 0 aliphatic heterocycles. The van der Waals surface area contributed by atoms with Gasteiger partial charge in [0.25, 0.3) is 0 Å². The van der Waals surface area contributed by atoms with Gasteiger partial charge in [-0.05, 0) is 70.6 Å². The van der Waals surface area contributed by atoms with Gasteiger partial charge in [0.1, 0.15) is 5.82 Å². The highest BCUT2D eigenvalue weighted by Gasteiger charge is 2.12. The van der Waals surface area contributed by atoms with Crippen molar-refractivity contribution in [2.24, 2.45) is 11.7 Å². The Kier molecular flexibility index (Phi) is 5.75. The Morgan fingerprint density at radius 3 is 2.40 bits per heavy atom. The molecule has 2 aromatic rings. The van der Waals surface area contributed by atoms with Gasteiger partial charge < -0.3 is 5.73 Å². The summed E-state index contributed by atoms with van der Waals surface area (Å²) in [5.74, 6) is 0.106. The lowest BCUT2D eigenvalue weighted by Crippen LogP contribution is -2.19. The van der Waals surface area contributed by atoms with Gasteiger partial charge in [0.05, 0.1) is 4.47 Å². The molecule has 0 saturated carbocycles. The molecule has 4 heteroatoms. The first-order chi connectivity index (χ1) is 9.60. The Hall–Kier alpha value is -0.710. The van der Waals surface area contributed by atoms with E-state index in [1.54, 1.807) is 0 Å². The van der Waals surface area contributed by atoms with E-state index in [1.807, 2.05) is 30.3 Å². The minimum Gasteiger partial charge on any atom is -0.330 e. The van der Waals surface area contributed by atoms with Crippen molar-refractivity contribution < 1.29 is 4.39 Å². The summed E-state index contributed by atoms with van der Waals surface area (Å²) in [5.41, 5.74) is 8.24. The molecule has 1 unspecified atom stereocenters. The molecule has 0 bridgehead atoms. The molecule has 1 atom stereocenters. The molecule has 0 aromatic heterocycles. The summed E-state index contributed by atoms with van der Waals surface area (Å²) >= 11 is 6.79. The number of benzene rings is 2. The van der Waals surface area contributed by atoms with Crippen LogP contribution in [0.1, 0.15) is 11.1 Å². The Balaban J connectivity index is 2.09. The summed E-state index contributed by atoms with van der Waals surface area (Å²) in [4.78, 5) is 0. The first-order valence-electron chi connectivity index (χ1n) is 6.47. The van der Waals surface area contributed by atoms with E-state index in [0.29, 0.717) is 16.9 Å². The zero-order valence-electron chi connectivity index (χ0n) is 11.0. The van der Waals surface area contributed by atoms with E-state index in [-0.39, 0.29) is 5.82 Å². The summed E-state index contributed by atoms with van der Waals surface area (Å²) in [7, 11) is 0. The molecule has 0 spiro atoms. The molecule has 20 heavy (non-hydrogen) atoms. The van der Waals surface area contributed by atoms with E-state index in [0.717, 1.165) is 22.9 Å². The molecular formula is C16H16Br2FN. The van der Waals surface area contributed by atoms with Gasteiger partial charge in [0.15, 0.2) is 0 Å². The maximum absolute atomic E-state index is 13.2. The second-order valence-corrected chi connectivity index (χ2v) is 6.56. The molecule has 2 N–H and O–H groups in total. The third kappa shape index (κ3) is 4.14. The minimum absolute atomic E-state index is 0.233. The predicted octanol–water partition coefficient (Wildman–Crippen LogP) is 4.71. The van der Waals surface area contributed by atoms with Gasteiger partial charge in [-0.25, -0.2) is 4.39 Å². The van der Waals surface area contributed by atoms with Crippen LogP contribution < -0.4 is 5.73 Å². The minimum atomic E-state index is -0.233. The van der Waals surface area contributed by atoms with Gasteiger partial charge in [-0.1, -0.05) is 40.2 Å². The van der Waals surface area contributed by atoms with Gasteiger partial charge in [-0.3, -0.25) is 0 Å². The Bertz CT molecular complexity index is 586. The molecule has 0 aliphatic carbocycles. The van der Waals surface area contributed by atoms with E-state index in [2.05, 4.69) is 37.9 Å². The first kappa shape index (κ1) is 15.7. The zero-order valence-corrected chi connectivity index (χ0v) is 14.1. The van der Waals surface area contributed by atoms with Crippen LogP contribution in [0.2, 0.25) is 0 Å². The fraction of sp³-hybridized carbons (Fsp3) is 0.250. The highest BCUT2D eigenvalue weighted by atomic mass is 79.9. The quantitative estimate of drug-likeness (QED) is 0.772. The molecule has 0 radical (unpaired) electrons. The van der Waals surface area contributed by atoms with Crippen molar-refractivity contribution in [3.63, 3.8) is 0 Å². The standard InChI is InChI=1S/C16H16Br2FN/c17-14-4-2-1-3-13(14)8-12(10-20)7-11-5-6-16(19)15(18)9-11/h1-6,9,12H,7-8,10,20H2. The Labute approximate surface area is 135 Å². The molecule has 1 nitrogen and oxygen atoms in total. The third-order valence-corrected chi connectivity index (χ3v) is 4.69. The third-order valence-electron chi connectivity index (χ3n) is 3.31. The molecular weight excluding hydrogens is 385 g/mol. The second kappa shape index (κ2) is 7.34. The topological polar surface area (TPSA) is 26.0 Å². The number of halogens is 3. The summed E-state index contributed by atoms with van der Waals surface area (Å²) < 4.78 is 14.9. The molecule has 0 heterocycles. The van der Waals surface area contributed by atoms with Crippen LogP contribution in [0.5, 0.6) is 0 Å². The number of hydrogen-bond acceptors (Lipinski definition) is 1. The highest BCUT2D eigenvalue weighted by molar-refractivity contribution is 9.10. The molecule has 2 rings (SSSR count). The van der Waals surface area contributed by atoms with Crippen LogP contribution in [0.15, 0.2) is 51.4 Å². The van der Waals surface area contributed by atoms with Crippen LogP contribution in [0.3, 0.4) is 0 Å². The molecule has 0 aliphatic rings. The van der Waals surface area contributed by atoms with Gasteiger partial charge in [-0.15, -0.1) is 0 Å². The van der Waals surface area contributed by atoms with Crippen molar-refractivity contribution in [3.05, 3.63) is 68.4 Å². The summed E-state index contributed by atoms with van der Waals surface area (Å²) in [6.45, 7) is 0.607. The SMILES string of the molecule is NCC(Cc1ccc(F)c(Br)c1)Cc1ccccc1Br. The normalized spacial score (nSPS) is 12.4. The van der Waals surface area contributed by atoms with Gasteiger partial charge in [-0.2, -0.15) is 0 Å². The average molecular weight is 401 g/mol. The van der Waals surface area contributed by atoms with Crippen LogP contribution in [-0.2, 0) is 12.8 Å². The number of nitrogens with two attached hydrogens (primary N) is 1. The van der Waals surface area contributed by atoms with E-state index >= 15 is 0 Å². The number of rotatable bonds is 5. The summed E-state index contributed by atoms with van der Waals surface area (Å²) in [6.07, 6.45) is 1.75. The lowest BCUT2D eigenvalue weighted by molar-refractivity contribution is 0.531. The lowest BCUT2D eigenvalue weighted by Gasteiger charge is -2.16. The van der Waals surface area contributed by atoms with Crippen molar-refractivity contribution in [2.75, 3.05) is 6.54 Å². The van der Waals surface area contributed by atoms with Gasteiger partial charge >= 0.3 is 0 Å². The molecule has 2 aromatic carbocycles. The molecule has 0 fully saturated rings. The fourth-order valence-corrected chi connectivity index (χ4v) is 3.09. The average Bonchev–Trinajstić information content (AvgIpc) is 2.44. The zero-order chi connectivity index (χ0) is 14.5. The Morgan fingerprint density at radius 1 is 1.00 bits per heavy atom. The molecule has 0 saturated heterocycles. The van der Waals surface area contributed by atoms with Crippen LogP contribution in [0.25, 0.3) is 0 Å². The van der Waals surface area contributed by atoms with Crippen LogP contribution in [-0.4, -0.2) is 6.54 Å². The molecule has 0 amide bonds. The van der Waals surface area contributed by atoms with Crippen molar-refractivity contribution in [3.8, 4) is 0 Å². The Morgan fingerprint density at radius 2 is 1.75 bits per heavy atom. The number of hydrogen-bond donors (Lipinski definition) is 1. The van der Waals surface area contributed by atoms with E-state index < -0.39 is 0 Å². The lowest BCUT2D eigenvalue weighted by atomic mass is 9.93. The van der Waals surface area contributed by atoms with E-state index in [9.17, 15) is 4.39 Å². The highest BCUT2D eigenvalue weighted by Crippen LogP contribution is 2.23. The second-order valence-electron chi connectivity index (χ2n) is 4.85. The maximum atomic E-state index is 13.2. The van der Waals surface area contributed by atoms with Crippen molar-refractivity contribution in [1.29, 1.82) is 0 Å². The van der Waals surface area contributed by atoms with Gasteiger partial charge in [0.2, 0.25) is 0 Å².